The molecule has 0 saturated heterocycles. The van der Waals surface area contributed by atoms with Crippen LogP contribution in [0.3, 0.4) is 0 Å². The number of aromatic nitrogens is 1. The number of benzene rings is 2. The van der Waals surface area contributed by atoms with Gasteiger partial charge < -0.3 is 9.84 Å². The quantitative estimate of drug-likeness (QED) is 0.789. The fraction of sp³-hybridized carbons (Fsp3) is 0.0625. The predicted octanol–water partition coefficient (Wildman–Crippen LogP) is 3.66. The van der Waals surface area contributed by atoms with Crippen molar-refractivity contribution in [2.24, 2.45) is 0 Å². The Morgan fingerprint density at radius 3 is 2.70 bits per heavy atom. The molecule has 1 aromatic heterocycles. The van der Waals surface area contributed by atoms with Crippen LogP contribution in [-0.4, -0.2) is 10.1 Å². The summed E-state index contributed by atoms with van der Waals surface area (Å²) in [6, 6.07) is 15.0. The van der Waals surface area contributed by atoms with E-state index in [2.05, 4.69) is 4.98 Å². The van der Waals surface area contributed by atoms with Crippen molar-refractivity contribution in [1.82, 2.24) is 4.98 Å². The normalized spacial score (nSPS) is 10.7. The number of halogens is 1. The van der Waals surface area contributed by atoms with Gasteiger partial charge in [0.1, 0.15) is 17.3 Å². The standard InChI is InChI=1S/C16H12FNO2/c17-11-4-3-5-13(8-11)20-16-9-12(10-19)18-15-7-2-1-6-14(15)16/h1-9,19H,10H2. The molecule has 0 atom stereocenters. The fourth-order valence-electron chi connectivity index (χ4n) is 2.02. The summed E-state index contributed by atoms with van der Waals surface area (Å²) in [6.45, 7) is -0.176. The molecule has 0 aliphatic rings. The molecule has 3 aromatic rings. The molecule has 0 spiro atoms. The first-order valence-corrected chi connectivity index (χ1v) is 6.19. The van der Waals surface area contributed by atoms with Crippen molar-refractivity contribution in [2.45, 2.75) is 6.61 Å². The zero-order valence-electron chi connectivity index (χ0n) is 10.6. The van der Waals surface area contributed by atoms with E-state index >= 15 is 0 Å². The lowest BCUT2D eigenvalue weighted by atomic mass is 10.2. The first-order valence-electron chi connectivity index (χ1n) is 6.19. The van der Waals surface area contributed by atoms with Crippen LogP contribution in [0.4, 0.5) is 4.39 Å². The largest absolute Gasteiger partial charge is 0.456 e. The fourth-order valence-corrected chi connectivity index (χ4v) is 2.02. The third kappa shape index (κ3) is 2.46. The summed E-state index contributed by atoms with van der Waals surface area (Å²) in [5.41, 5.74) is 1.24. The van der Waals surface area contributed by atoms with Gasteiger partial charge in [0.2, 0.25) is 0 Å². The van der Waals surface area contributed by atoms with Crippen LogP contribution in [0.2, 0.25) is 0 Å². The summed E-state index contributed by atoms with van der Waals surface area (Å²) in [4.78, 5) is 4.31. The van der Waals surface area contributed by atoms with Gasteiger partial charge in [-0.25, -0.2) is 4.39 Å². The second-order valence-corrected chi connectivity index (χ2v) is 4.35. The second-order valence-electron chi connectivity index (χ2n) is 4.35. The van der Waals surface area contributed by atoms with E-state index in [9.17, 15) is 9.50 Å². The van der Waals surface area contributed by atoms with Crippen LogP contribution < -0.4 is 4.74 Å². The number of nitrogens with zero attached hydrogens (tertiary/aromatic N) is 1. The van der Waals surface area contributed by atoms with E-state index in [4.69, 9.17) is 4.74 Å². The molecule has 3 nitrogen and oxygen atoms in total. The van der Waals surface area contributed by atoms with Gasteiger partial charge in [0.05, 0.1) is 17.8 Å². The van der Waals surface area contributed by atoms with Crippen molar-refractivity contribution in [3.63, 3.8) is 0 Å². The third-order valence-electron chi connectivity index (χ3n) is 2.92. The molecule has 3 rings (SSSR count). The summed E-state index contributed by atoms with van der Waals surface area (Å²) in [5.74, 6) is 0.596. The van der Waals surface area contributed by atoms with Crippen molar-refractivity contribution in [3.05, 3.63) is 66.1 Å². The van der Waals surface area contributed by atoms with Gasteiger partial charge >= 0.3 is 0 Å². The van der Waals surface area contributed by atoms with Crippen LogP contribution in [0.25, 0.3) is 10.9 Å². The first kappa shape index (κ1) is 12.6. The summed E-state index contributed by atoms with van der Waals surface area (Å²) < 4.78 is 18.9. The lowest BCUT2D eigenvalue weighted by Crippen LogP contribution is -1.94. The Bertz CT molecular complexity index is 758. The smallest absolute Gasteiger partial charge is 0.138 e. The number of hydrogen-bond acceptors (Lipinski definition) is 3. The van der Waals surface area contributed by atoms with Crippen molar-refractivity contribution >= 4 is 10.9 Å². The average molecular weight is 269 g/mol. The number of hydrogen-bond donors (Lipinski definition) is 1. The number of para-hydroxylation sites is 1. The molecule has 0 fully saturated rings. The number of pyridine rings is 1. The second kappa shape index (κ2) is 5.27. The maximum Gasteiger partial charge on any atom is 0.138 e. The molecule has 0 unspecified atom stereocenters. The Kier molecular flexibility index (Phi) is 3.31. The Morgan fingerprint density at radius 2 is 1.90 bits per heavy atom. The highest BCUT2D eigenvalue weighted by Crippen LogP contribution is 2.30. The average Bonchev–Trinajstić information content (AvgIpc) is 2.47. The Morgan fingerprint density at radius 1 is 1.05 bits per heavy atom. The van der Waals surface area contributed by atoms with Gasteiger partial charge in [0.25, 0.3) is 0 Å². The van der Waals surface area contributed by atoms with Crippen LogP contribution in [0.15, 0.2) is 54.6 Å². The molecular weight excluding hydrogens is 257 g/mol. The van der Waals surface area contributed by atoms with Crippen LogP contribution in [0.5, 0.6) is 11.5 Å². The monoisotopic (exact) mass is 269 g/mol. The van der Waals surface area contributed by atoms with E-state index in [0.29, 0.717) is 17.2 Å². The van der Waals surface area contributed by atoms with Gasteiger partial charge in [-0.2, -0.15) is 0 Å². The molecule has 0 amide bonds. The van der Waals surface area contributed by atoms with Crippen molar-refractivity contribution in [2.75, 3.05) is 0 Å². The maximum absolute atomic E-state index is 13.2. The number of fused-ring (bicyclic) bond motifs is 1. The lowest BCUT2D eigenvalue weighted by molar-refractivity contribution is 0.276. The molecule has 4 heteroatoms. The van der Waals surface area contributed by atoms with Crippen LogP contribution in [0.1, 0.15) is 5.69 Å². The van der Waals surface area contributed by atoms with E-state index < -0.39 is 0 Å². The van der Waals surface area contributed by atoms with E-state index in [1.165, 1.54) is 12.1 Å². The number of aliphatic hydroxyl groups is 1. The summed E-state index contributed by atoms with van der Waals surface area (Å²) in [7, 11) is 0. The molecule has 1 N–H and O–H groups in total. The molecule has 0 bridgehead atoms. The third-order valence-corrected chi connectivity index (χ3v) is 2.92. The van der Waals surface area contributed by atoms with Gasteiger partial charge in [-0.05, 0) is 24.3 Å². The Labute approximate surface area is 115 Å². The number of aliphatic hydroxyl groups excluding tert-OH is 1. The number of rotatable bonds is 3. The molecule has 0 saturated carbocycles. The molecule has 0 aliphatic heterocycles. The summed E-state index contributed by atoms with van der Waals surface area (Å²) in [6.07, 6.45) is 0. The van der Waals surface area contributed by atoms with E-state index in [1.807, 2.05) is 24.3 Å². The lowest BCUT2D eigenvalue weighted by Gasteiger charge is -2.10. The SMILES string of the molecule is OCc1cc(Oc2cccc(F)c2)c2ccccc2n1. The molecule has 1 heterocycles. The van der Waals surface area contributed by atoms with Gasteiger partial charge in [0, 0.05) is 17.5 Å². The van der Waals surface area contributed by atoms with E-state index in [0.717, 1.165) is 10.9 Å². The van der Waals surface area contributed by atoms with Crippen molar-refractivity contribution < 1.29 is 14.2 Å². The van der Waals surface area contributed by atoms with Crippen LogP contribution in [0, 0.1) is 5.82 Å². The molecule has 0 aliphatic carbocycles. The minimum atomic E-state index is -0.358. The Hall–Kier alpha value is -2.46. The molecule has 20 heavy (non-hydrogen) atoms. The highest BCUT2D eigenvalue weighted by Gasteiger charge is 2.07. The highest BCUT2D eigenvalue weighted by atomic mass is 19.1. The zero-order chi connectivity index (χ0) is 13.9. The topological polar surface area (TPSA) is 42.4 Å². The minimum Gasteiger partial charge on any atom is -0.456 e. The van der Waals surface area contributed by atoms with Gasteiger partial charge in [-0.15, -0.1) is 0 Å². The molecular formula is C16H12FNO2. The molecule has 0 radical (unpaired) electrons. The van der Waals surface area contributed by atoms with Gasteiger partial charge in [0.15, 0.2) is 0 Å². The minimum absolute atomic E-state index is 0.176. The first-order chi connectivity index (χ1) is 9.76. The van der Waals surface area contributed by atoms with Crippen molar-refractivity contribution in [3.8, 4) is 11.5 Å². The van der Waals surface area contributed by atoms with Crippen LogP contribution in [-0.2, 0) is 6.61 Å². The van der Waals surface area contributed by atoms with Crippen LogP contribution >= 0.6 is 0 Å². The van der Waals surface area contributed by atoms with E-state index in [-0.39, 0.29) is 12.4 Å². The summed E-state index contributed by atoms with van der Waals surface area (Å²) >= 11 is 0. The Balaban J connectivity index is 2.10. The summed E-state index contributed by atoms with van der Waals surface area (Å²) in [5, 5.41) is 10.1. The number of ether oxygens (including phenoxy) is 1. The van der Waals surface area contributed by atoms with Gasteiger partial charge in [-0.1, -0.05) is 18.2 Å². The predicted molar refractivity (Wildman–Crippen MR) is 74.1 cm³/mol. The molecule has 2 aromatic carbocycles. The maximum atomic E-state index is 13.2. The van der Waals surface area contributed by atoms with Gasteiger partial charge in [-0.3, -0.25) is 4.98 Å². The van der Waals surface area contributed by atoms with E-state index in [1.54, 1.807) is 18.2 Å². The highest BCUT2D eigenvalue weighted by molar-refractivity contribution is 5.85. The van der Waals surface area contributed by atoms with Crippen molar-refractivity contribution in [1.29, 1.82) is 0 Å². The zero-order valence-corrected chi connectivity index (χ0v) is 10.6. The molecule has 100 valence electrons.